The fourth-order valence-electron chi connectivity index (χ4n) is 5.86. The number of hydrogen-bond acceptors (Lipinski definition) is 3. The standard InChI is InChI=1S/C18H25O5P/c1-18-9-8-14-13-5-3-12(19)10-11(13)2-4-15(14)16(18)6-7-17(18)23-24(20,21)22/h3,5,10,14-17,19H,2,4,6-9H2,1H3,(H2,20,21,22)/t14-,15-,16-,17-,18-/m0/s1. The van der Waals surface area contributed by atoms with Crippen molar-refractivity contribution in [3.05, 3.63) is 29.3 Å². The lowest BCUT2D eigenvalue weighted by atomic mass is 9.55. The Bertz CT molecular complexity index is 699. The normalized spacial score (nSPS) is 38.3. The Morgan fingerprint density at radius 3 is 2.75 bits per heavy atom. The van der Waals surface area contributed by atoms with Gasteiger partial charge in [0.2, 0.25) is 0 Å². The minimum atomic E-state index is -4.44. The highest BCUT2D eigenvalue weighted by molar-refractivity contribution is 7.46. The molecule has 0 spiro atoms. The zero-order valence-electron chi connectivity index (χ0n) is 13.9. The Hall–Kier alpha value is -0.870. The first-order valence-electron chi connectivity index (χ1n) is 8.84. The summed E-state index contributed by atoms with van der Waals surface area (Å²) in [7, 11) is -4.44. The molecule has 24 heavy (non-hydrogen) atoms. The summed E-state index contributed by atoms with van der Waals surface area (Å²) in [5, 5.41) is 9.73. The van der Waals surface area contributed by atoms with Gasteiger partial charge in [-0.25, -0.2) is 4.57 Å². The molecule has 0 heterocycles. The van der Waals surface area contributed by atoms with E-state index in [1.807, 2.05) is 6.07 Å². The lowest BCUT2D eigenvalue weighted by Gasteiger charge is -2.50. The molecule has 3 N–H and O–H groups in total. The second-order valence-electron chi connectivity index (χ2n) is 8.01. The van der Waals surface area contributed by atoms with Crippen LogP contribution in [0.25, 0.3) is 0 Å². The number of aryl methyl sites for hydroxylation is 1. The Morgan fingerprint density at radius 2 is 2.00 bits per heavy atom. The van der Waals surface area contributed by atoms with Crippen LogP contribution < -0.4 is 0 Å². The summed E-state index contributed by atoms with van der Waals surface area (Å²) in [6.45, 7) is 2.16. The maximum atomic E-state index is 11.3. The first-order valence-corrected chi connectivity index (χ1v) is 10.4. The maximum Gasteiger partial charge on any atom is 0.469 e. The van der Waals surface area contributed by atoms with Crippen LogP contribution in [0.15, 0.2) is 18.2 Å². The number of phenolic OH excluding ortho intramolecular Hbond substituents is 1. The van der Waals surface area contributed by atoms with E-state index >= 15 is 0 Å². The first kappa shape index (κ1) is 16.6. The highest BCUT2D eigenvalue weighted by Gasteiger charge is 2.56. The molecule has 4 rings (SSSR count). The predicted octanol–water partition coefficient (Wildman–Crippen LogP) is 3.73. The second kappa shape index (κ2) is 5.57. The minimum absolute atomic E-state index is 0.142. The van der Waals surface area contributed by atoms with E-state index in [2.05, 4.69) is 13.0 Å². The van der Waals surface area contributed by atoms with Crippen molar-refractivity contribution < 1.29 is 24.0 Å². The van der Waals surface area contributed by atoms with E-state index in [1.54, 1.807) is 6.07 Å². The van der Waals surface area contributed by atoms with Crippen molar-refractivity contribution in [3.63, 3.8) is 0 Å². The molecule has 0 bridgehead atoms. The number of hydrogen-bond donors (Lipinski definition) is 3. The largest absolute Gasteiger partial charge is 0.508 e. The zero-order chi connectivity index (χ0) is 17.1. The van der Waals surface area contributed by atoms with Crippen molar-refractivity contribution in [2.24, 2.45) is 17.3 Å². The summed E-state index contributed by atoms with van der Waals surface area (Å²) in [4.78, 5) is 18.5. The third-order valence-electron chi connectivity index (χ3n) is 6.89. The minimum Gasteiger partial charge on any atom is -0.508 e. The Labute approximate surface area is 142 Å². The van der Waals surface area contributed by atoms with Gasteiger partial charge in [0.25, 0.3) is 0 Å². The molecule has 3 aliphatic rings. The Balaban J connectivity index is 1.62. The van der Waals surface area contributed by atoms with Gasteiger partial charge in [-0.3, -0.25) is 4.52 Å². The van der Waals surface area contributed by atoms with Crippen LogP contribution in [0.3, 0.4) is 0 Å². The van der Waals surface area contributed by atoms with Crippen molar-refractivity contribution in [1.29, 1.82) is 0 Å². The van der Waals surface area contributed by atoms with E-state index in [0.717, 1.165) is 38.5 Å². The Kier molecular flexibility index (Phi) is 3.85. The third kappa shape index (κ3) is 2.62. The van der Waals surface area contributed by atoms with Crippen molar-refractivity contribution >= 4 is 7.82 Å². The molecule has 5 atom stereocenters. The molecule has 5 nitrogen and oxygen atoms in total. The number of rotatable bonds is 2. The molecule has 0 aliphatic heterocycles. The summed E-state index contributed by atoms with van der Waals surface area (Å²) in [6.07, 6.45) is 5.39. The van der Waals surface area contributed by atoms with Crippen molar-refractivity contribution in [1.82, 2.24) is 0 Å². The van der Waals surface area contributed by atoms with Gasteiger partial charge in [-0.2, -0.15) is 0 Å². The summed E-state index contributed by atoms with van der Waals surface area (Å²) >= 11 is 0. The number of phosphoric acid groups is 1. The van der Waals surface area contributed by atoms with Crippen LogP contribution in [0.5, 0.6) is 5.75 Å². The lowest BCUT2D eigenvalue weighted by Crippen LogP contribution is -2.44. The van der Waals surface area contributed by atoms with Gasteiger partial charge < -0.3 is 14.9 Å². The zero-order valence-corrected chi connectivity index (χ0v) is 14.8. The average Bonchev–Trinajstić information content (AvgIpc) is 2.82. The van der Waals surface area contributed by atoms with Gasteiger partial charge >= 0.3 is 7.82 Å². The number of fused-ring (bicyclic) bond motifs is 5. The number of phosphoric ester groups is 1. The van der Waals surface area contributed by atoms with Gasteiger partial charge in [0.1, 0.15) is 5.75 Å². The van der Waals surface area contributed by atoms with Gasteiger partial charge in [0.15, 0.2) is 0 Å². The highest BCUT2D eigenvalue weighted by Crippen LogP contribution is 2.63. The van der Waals surface area contributed by atoms with Gasteiger partial charge in [-0.15, -0.1) is 0 Å². The topological polar surface area (TPSA) is 87.0 Å². The Morgan fingerprint density at radius 1 is 1.21 bits per heavy atom. The third-order valence-corrected chi connectivity index (χ3v) is 7.42. The molecule has 132 valence electrons. The van der Waals surface area contributed by atoms with Crippen molar-refractivity contribution in [2.75, 3.05) is 0 Å². The lowest BCUT2D eigenvalue weighted by molar-refractivity contribution is -0.0217. The highest BCUT2D eigenvalue weighted by atomic mass is 31.2. The molecule has 3 aliphatic carbocycles. The van der Waals surface area contributed by atoms with Gasteiger partial charge in [0, 0.05) is 0 Å². The van der Waals surface area contributed by atoms with Crippen molar-refractivity contribution in [2.45, 2.75) is 57.5 Å². The molecule has 0 radical (unpaired) electrons. The van der Waals surface area contributed by atoms with Crippen LogP contribution in [-0.2, 0) is 15.5 Å². The number of benzene rings is 1. The van der Waals surface area contributed by atoms with E-state index in [9.17, 15) is 19.5 Å². The van der Waals surface area contributed by atoms with E-state index in [1.165, 1.54) is 11.1 Å². The van der Waals surface area contributed by atoms with Gasteiger partial charge in [-0.05, 0) is 85.0 Å². The summed E-state index contributed by atoms with van der Waals surface area (Å²) in [5.74, 6) is 1.84. The van der Waals surface area contributed by atoms with Crippen LogP contribution in [0.1, 0.15) is 56.1 Å². The van der Waals surface area contributed by atoms with Crippen molar-refractivity contribution in [3.8, 4) is 5.75 Å². The predicted molar refractivity (Wildman–Crippen MR) is 89.6 cm³/mol. The molecule has 2 saturated carbocycles. The summed E-state index contributed by atoms with van der Waals surface area (Å²) in [5.41, 5.74) is 2.49. The fourth-order valence-corrected chi connectivity index (χ4v) is 6.54. The maximum absolute atomic E-state index is 11.3. The molecule has 0 saturated heterocycles. The summed E-state index contributed by atoms with van der Waals surface area (Å²) < 4.78 is 16.5. The quantitative estimate of drug-likeness (QED) is 0.706. The van der Waals surface area contributed by atoms with E-state index in [0.29, 0.717) is 23.5 Å². The van der Waals surface area contributed by atoms with Crippen LogP contribution in [-0.4, -0.2) is 21.0 Å². The number of phenols is 1. The molecule has 0 unspecified atom stereocenters. The average molecular weight is 352 g/mol. The smallest absolute Gasteiger partial charge is 0.469 e. The molecular formula is C18H25O5P. The van der Waals surface area contributed by atoms with E-state index < -0.39 is 7.82 Å². The summed E-state index contributed by atoms with van der Waals surface area (Å²) in [6, 6.07) is 5.75. The first-order chi connectivity index (χ1) is 11.3. The molecule has 1 aromatic rings. The molecular weight excluding hydrogens is 327 g/mol. The molecule has 6 heteroatoms. The monoisotopic (exact) mass is 352 g/mol. The molecule has 2 fully saturated rings. The van der Waals surface area contributed by atoms with Gasteiger partial charge in [-0.1, -0.05) is 13.0 Å². The van der Waals surface area contributed by atoms with Crippen LogP contribution >= 0.6 is 7.82 Å². The van der Waals surface area contributed by atoms with Crippen LogP contribution in [0, 0.1) is 17.3 Å². The number of aromatic hydroxyl groups is 1. The van der Waals surface area contributed by atoms with Gasteiger partial charge in [0.05, 0.1) is 6.10 Å². The fraction of sp³-hybridized carbons (Fsp3) is 0.667. The van der Waals surface area contributed by atoms with Crippen LogP contribution in [0.2, 0.25) is 0 Å². The van der Waals surface area contributed by atoms with E-state index in [4.69, 9.17) is 4.52 Å². The molecule has 0 amide bonds. The van der Waals surface area contributed by atoms with Crippen LogP contribution in [0.4, 0.5) is 0 Å². The van der Waals surface area contributed by atoms with E-state index in [-0.39, 0.29) is 11.5 Å². The molecule has 0 aromatic heterocycles. The molecule has 1 aromatic carbocycles. The SMILES string of the molecule is C[C@]12CC[C@H]3c4ccc(O)cc4CC[C@@H]3[C@@H]1CC[C@@H]2OP(=O)(O)O. The second-order valence-corrected chi connectivity index (χ2v) is 9.20.